The first kappa shape index (κ1) is 14.3. The Hall–Kier alpha value is -1.13. The fourth-order valence-electron chi connectivity index (χ4n) is 2.11. The number of aliphatic carboxylic acids is 1. The first-order chi connectivity index (χ1) is 9.08. The van der Waals surface area contributed by atoms with Gasteiger partial charge in [0.25, 0.3) is 0 Å². The van der Waals surface area contributed by atoms with Crippen molar-refractivity contribution >= 4 is 41.1 Å². The molecule has 0 amide bonds. The summed E-state index contributed by atoms with van der Waals surface area (Å²) in [6.07, 6.45) is 2.67. The van der Waals surface area contributed by atoms with E-state index < -0.39 is 5.97 Å². The van der Waals surface area contributed by atoms with Crippen molar-refractivity contribution in [2.45, 2.75) is 13.0 Å². The normalized spacial score (nSPS) is 19.9. The predicted molar refractivity (Wildman–Crippen MR) is 82.3 cm³/mol. The van der Waals surface area contributed by atoms with Crippen molar-refractivity contribution in [1.82, 2.24) is 0 Å². The van der Waals surface area contributed by atoms with Crippen molar-refractivity contribution in [3.05, 3.63) is 34.9 Å². The maximum absolute atomic E-state index is 10.5. The van der Waals surface area contributed by atoms with E-state index in [1.807, 2.05) is 30.0 Å². The number of carbonyl (C=O) groups is 1. The fourth-order valence-corrected chi connectivity index (χ4v) is 3.42. The molecule has 1 fully saturated rings. The standard InChI is InChI=1S/C14H16ClNO2S/c1-10-9-19-7-6-16(10)13-4-2-11(8-12(13)15)3-5-14(17)18/h2-5,8,10H,6-7,9H2,1H3,(H,17,18)/b5-3+. The number of halogens is 1. The summed E-state index contributed by atoms with van der Waals surface area (Å²) >= 11 is 8.27. The summed E-state index contributed by atoms with van der Waals surface area (Å²) in [5, 5.41) is 9.28. The average Bonchev–Trinajstić information content (AvgIpc) is 2.38. The molecular formula is C14H16ClNO2S. The van der Waals surface area contributed by atoms with Crippen LogP contribution >= 0.6 is 23.4 Å². The first-order valence-electron chi connectivity index (χ1n) is 6.13. The molecule has 0 radical (unpaired) electrons. The Morgan fingerprint density at radius 3 is 3.00 bits per heavy atom. The molecule has 102 valence electrons. The van der Waals surface area contributed by atoms with Crippen molar-refractivity contribution in [2.24, 2.45) is 0 Å². The van der Waals surface area contributed by atoms with Gasteiger partial charge in [-0.05, 0) is 30.7 Å². The second kappa shape index (κ2) is 6.35. The van der Waals surface area contributed by atoms with E-state index >= 15 is 0 Å². The van der Waals surface area contributed by atoms with Gasteiger partial charge in [-0.2, -0.15) is 11.8 Å². The molecule has 0 aliphatic carbocycles. The molecular weight excluding hydrogens is 282 g/mol. The van der Waals surface area contributed by atoms with Crippen LogP contribution in [0.25, 0.3) is 6.08 Å². The van der Waals surface area contributed by atoms with Crippen LogP contribution in [0.15, 0.2) is 24.3 Å². The topological polar surface area (TPSA) is 40.5 Å². The summed E-state index contributed by atoms with van der Waals surface area (Å²) < 4.78 is 0. The third-order valence-corrected chi connectivity index (χ3v) is 4.56. The molecule has 1 aromatic rings. The Kier molecular flexibility index (Phi) is 4.77. The number of rotatable bonds is 3. The van der Waals surface area contributed by atoms with Crippen LogP contribution in [0.2, 0.25) is 5.02 Å². The molecule has 1 aromatic carbocycles. The van der Waals surface area contributed by atoms with Crippen molar-refractivity contribution in [2.75, 3.05) is 23.0 Å². The van der Waals surface area contributed by atoms with E-state index in [0.717, 1.165) is 35.4 Å². The predicted octanol–water partition coefficient (Wildman–Crippen LogP) is 3.38. The van der Waals surface area contributed by atoms with Gasteiger partial charge >= 0.3 is 5.97 Å². The molecule has 19 heavy (non-hydrogen) atoms. The van der Waals surface area contributed by atoms with Gasteiger partial charge in [-0.25, -0.2) is 4.79 Å². The molecule has 1 heterocycles. The SMILES string of the molecule is CC1CSCCN1c1ccc(/C=C/C(=O)O)cc1Cl. The molecule has 2 rings (SSSR count). The number of benzene rings is 1. The zero-order valence-electron chi connectivity index (χ0n) is 10.7. The Bertz CT molecular complexity index is 504. The third kappa shape index (κ3) is 3.67. The summed E-state index contributed by atoms with van der Waals surface area (Å²) in [7, 11) is 0. The van der Waals surface area contributed by atoms with Gasteiger partial charge in [0.1, 0.15) is 0 Å². The van der Waals surface area contributed by atoms with Crippen LogP contribution in [0.3, 0.4) is 0 Å². The molecule has 5 heteroatoms. The highest BCUT2D eigenvalue weighted by Crippen LogP contribution is 2.31. The summed E-state index contributed by atoms with van der Waals surface area (Å²) in [4.78, 5) is 12.8. The van der Waals surface area contributed by atoms with E-state index in [1.165, 1.54) is 0 Å². The number of nitrogens with zero attached hydrogens (tertiary/aromatic N) is 1. The molecule has 3 nitrogen and oxygen atoms in total. The van der Waals surface area contributed by atoms with Crippen LogP contribution < -0.4 is 4.90 Å². The van der Waals surface area contributed by atoms with Gasteiger partial charge in [0.2, 0.25) is 0 Å². The van der Waals surface area contributed by atoms with Crippen LogP contribution in [0.1, 0.15) is 12.5 Å². The highest BCUT2D eigenvalue weighted by Gasteiger charge is 2.20. The van der Waals surface area contributed by atoms with E-state index in [1.54, 1.807) is 6.08 Å². The number of hydrogen-bond donors (Lipinski definition) is 1. The maximum atomic E-state index is 10.5. The van der Waals surface area contributed by atoms with Gasteiger partial charge in [-0.15, -0.1) is 0 Å². The molecule has 0 aromatic heterocycles. The number of hydrogen-bond acceptors (Lipinski definition) is 3. The van der Waals surface area contributed by atoms with Gasteiger partial charge in [-0.1, -0.05) is 17.7 Å². The zero-order valence-corrected chi connectivity index (χ0v) is 12.2. The fraction of sp³-hybridized carbons (Fsp3) is 0.357. The Morgan fingerprint density at radius 1 is 1.58 bits per heavy atom. The van der Waals surface area contributed by atoms with Gasteiger partial charge in [0.05, 0.1) is 10.7 Å². The molecule has 0 bridgehead atoms. The molecule has 0 spiro atoms. The van der Waals surface area contributed by atoms with Crippen molar-refractivity contribution < 1.29 is 9.90 Å². The van der Waals surface area contributed by atoms with Crippen LogP contribution in [-0.4, -0.2) is 35.2 Å². The van der Waals surface area contributed by atoms with E-state index in [0.29, 0.717) is 11.1 Å². The minimum atomic E-state index is -0.957. The highest BCUT2D eigenvalue weighted by molar-refractivity contribution is 7.99. The Labute approximate surface area is 122 Å². The van der Waals surface area contributed by atoms with Crippen molar-refractivity contribution in [1.29, 1.82) is 0 Å². The van der Waals surface area contributed by atoms with Crippen LogP contribution in [0.5, 0.6) is 0 Å². The van der Waals surface area contributed by atoms with E-state index in [2.05, 4.69) is 11.8 Å². The van der Waals surface area contributed by atoms with Gasteiger partial charge in [0, 0.05) is 30.2 Å². The molecule has 1 atom stereocenters. The largest absolute Gasteiger partial charge is 0.478 e. The summed E-state index contributed by atoms with van der Waals surface area (Å²) in [6, 6.07) is 6.15. The lowest BCUT2D eigenvalue weighted by atomic mass is 10.1. The summed E-state index contributed by atoms with van der Waals surface area (Å²) in [5.74, 6) is 1.26. The van der Waals surface area contributed by atoms with Gasteiger partial charge in [-0.3, -0.25) is 0 Å². The highest BCUT2D eigenvalue weighted by atomic mass is 35.5. The van der Waals surface area contributed by atoms with Crippen LogP contribution in [0.4, 0.5) is 5.69 Å². The quantitative estimate of drug-likeness (QED) is 0.868. The lowest BCUT2D eigenvalue weighted by Crippen LogP contribution is -2.40. The molecule has 1 unspecified atom stereocenters. The average molecular weight is 298 g/mol. The maximum Gasteiger partial charge on any atom is 0.328 e. The number of thioether (sulfide) groups is 1. The Balaban J connectivity index is 2.21. The van der Waals surface area contributed by atoms with Crippen molar-refractivity contribution in [3.63, 3.8) is 0 Å². The lowest BCUT2D eigenvalue weighted by Gasteiger charge is -2.35. The summed E-state index contributed by atoms with van der Waals surface area (Å²) in [6.45, 7) is 3.19. The second-order valence-electron chi connectivity index (χ2n) is 4.50. The van der Waals surface area contributed by atoms with Gasteiger partial charge in [0.15, 0.2) is 0 Å². The van der Waals surface area contributed by atoms with E-state index in [4.69, 9.17) is 16.7 Å². The number of anilines is 1. The molecule has 1 aliphatic rings. The van der Waals surface area contributed by atoms with Crippen LogP contribution in [0, 0.1) is 0 Å². The zero-order chi connectivity index (χ0) is 13.8. The minimum Gasteiger partial charge on any atom is -0.478 e. The van der Waals surface area contributed by atoms with Crippen LogP contribution in [-0.2, 0) is 4.79 Å². The Morgan fingerprint density at radius 2 is 2.37 bits per heavy atom. The number of carboxylic acid groups (broad SMARTS) is 1. The second-order valence-corrected chi connectivity index (χ2v) is 6.06. The van der Waals surface area contributed by atoms with Gasteiger partial charge < -0.3 is 10.0 Å². The lowest BCUT2D eigenvalue weighted by molar-refractivity contribution is -0.131. The summed E-state index contributed by atoms with van der Waals surface area (Å²) in [5.41, 5.74) is 1.83. The molecule has 1 saturated heterocycles. The minimum absolute atomic E-state index is 0.469. The smallest absolute Gasteiger partial charge is 0.328 e. The van der Waals surface area contributed by atoms with Crippen molar-refractivity contribution in [3.8, 4) is 0 Å². The third-order valence-electron chi connectivity index (χ3n) is 3.07. The van der Waals surface area contributed by atoms with E-state index in [9.17, 15) is 4.79 Å². The first-order valence-corrected chi connectivity index (χ1v) is 7.66. The molecule has 1 N–H and O–H groups in total. The number of carboxylic acids is 1. The van der Waals surface area contributed by atoms with E-state index in [-0.39, 0.29) is 0 Å². The monoisotopic (exact) mass is 297 g/mol. The molecule has 1 aliphatic heterocycles. The molecule has 0 saturated carbocycles.